The monoisotopic (exact) mass is 465 g/mol. The second kappa shape index (κ2) is 8.90. The highest BCUT2D eigenvalue weighted by molar-refractivity contribution is 6.13. The lowest BCUT2D eigenvalue weighted by Gasteiger charge is -2.44. The van der Waals surface area contributed by atoms with Crippen molar-refractivity contribution in [1.29, 1.82) is 0 Å². The van der Waals surface area contributed by atoms with Gasteiger partial charge in [-0.3, -0.25) is 4.79 Å². The second-order valence-electron chi connectivity index (χ2n) is 11.9. The SMILES string of the molecule is Cc1ccc([C@]2(C(=O)OC3C[C@@H](C)CC[C@@H]3C(C)(C)c3ccccc3)CC(C)(C)C/C2=N\O)o1. The Hall–Kier alpha value is -2.56. The third kappa shape index (κ3) is 4.30. The van der Waals surface area contributed by atoms with Crippen molar-refractivity contribution < 1.29 is 19.2 Å². The maximum Gasteiger partial charge on any atom is 0.326 e. The number of hydrogen-bond acceptors (Lipinski definition) is 5. The summed E-state index contributed by atoms with van der Waals surface area (Å²) in [6, 6.07) is 14.2. The highest BCUT2D eigenvalue weighted by atomic mass is 16.5. The fourth-order valence-electron chi connectivity index (χ4n) is 6.40. The molecule has 1 N–H and O–H groups in total. The number of carbonyl (C=O) groups excluding carboxylic acids is 1. The summed E-state index contributed by atoms with van der Waals surface area (Å²) in [5.41, 5.74) is 0.119. The quantitative estimate of drug-likeness (QED) is 0.299. The molecule has 2 aromatic rings. The van der Waals surface area contributed by atoms with Crippen LogP contribution in [0.4, 0.5) is 0 Å². The lowest BCUT2D eigenvalue weighted by molar-refractivity contribution is -0.162. The Morgan fingerprint density at radius 2 is 1.85 bits per heavy atom. The second-order valence-corrected chi connectivity index (χ2v) is 11.9. The molecule has 2 aliphatic rings. The van der Waals surface area contributed by atoms with Crippen molar-refractivity contribution in [1.82, 2.24) is 0 Å². The number of nitrogens with zero attached hydrogens (tertiary/aromatic N) is 1. The van der Waals surface area contributed by atoms with Crippen molar-refractivity contribution in [2.75, 3.05) is 0 Å². The maximum atomic E-state index is 14.1. The predicted octanol–water partition coefficient (Wildman–Crippen LogP) is 6.80. The van der Waals surface area contributed by atoms with Crippen molar-refractivity contribution in [3.63, 3.8) is 0 Å². The summed E-state index contributed by atoms with van der Waals surface area (Å²) >= 11 is 0. The van der Waals surface area contributed by atoms with E-state index in [0.717, 1.165) is 25.0 Å². The van der Waals surface area contributed by atoms with Crippen LogP contribution in [0.25, 0.3) is 0 Å². The van der Waals surface area contributed by atoms with Crippen LogP contribution in [0.3, 0.4) is 0 Å². The zero-order valence-electron chi connectivity index (χ0n) is 21.4. The summed E-state index contributed by atoms with van der Waals surface area (Å²) in [5.74, 6) is 1.55. The molecule has 5 heteroatoms. The van der Waals surface area contributed by atoms with Gasteiger partial charge in [-0.05, 0) is 67.1 Å². The molecule has 4 atom stereocenters. The Bertz CT molecular complexity index is 1050. The summed E-state index contributed by atoms with van der Waals surface area (Å²) < 4.78 is 12.5. The molecule has 0 amide bonds. The fraction of sp³-hybridized carbons (Fsp3) is 0.586. The first-order chi connectivity index (χ1) is 16.0. The van der Waals surface area contributed by atoms with Crippen LogP contribution in [0.1, 0.15) is 83.8 Å². The van der Waals surface area contributed by atoms with E-state index in [1.165, 1.54) is 5.56 Å². The molecule has 2 aliphatic carbocycles. The Morgan fingerprint density at radius 1 is 1.15 bits per heavy atom. The van der Waals surface area contributed by atoms with E-state index in [1.54, 1.807) is 0 Å². The minimum atomic E-state index is -1.20. The van der Waals surface area contributed by atoms with Crippen LogP contribution < -0.4 is 0 Å². The van der Waals surface area contributed by atoms with Gasteiger partial charge in [0.25, 0.3) is 0 Å². The molecule has 1 heterocycles. The number of esters is 1. The molecule has 184 valence electrons. The van der Waals surface area contributed by atoms with Gasteiger partial charge in [-0.15, -0.1) is 0 Å². The zero-order valence-corrected chi connectivity index (χ0v) is 21.4. The summed E-state index contributed by atoms with van der Waals surface area (Å²) in [6.45, 7) is 12.8. The van der Waals surface area contributed by atoms with Gasteiger partial charge in [0.1, 0.15) is 17.6 Å². The molecule has 1 unspecified atom stereocenters. The van der Waals surface area contributed by atoms with Crippen molar-refractivity contribution in [2.45, 2.75) is 90.6 Å². The van der Waals surface area contributed by atoms with Gasteiger partial charge in [0, 0.05) is 5.92 Å². The molecule has 0 spiro atoms. The number of oxime groups is 1. The van der Waals surface area contributed by atoms with Crippen molar-refractivity contribution in [3.8, 4) is 0 Å². The summed E-state index contributed by atoms with van der Waals surface area (Å²) in [5, 5.41) is 13.6. The van der Waals surface area contributed by atoms with Gasteiger partial charge in [-0.1, -0.05) is 76.5 Å². The van der Waals surface area contributed by atoms with E-state index in [2.05, 4.69) is 64.0 Å². The van der Waals surface area contributed by atoms with Crippen LogP contribution in [-0.4, -0.2) is 23.0 Å². The number of carbonyl (C=O) groups is 1. The first-order valence-electron chi connectivity index (χ1n) is 12.5. The molecule has 2 saturated carbocycles. The molecular formula is C29H39NO4. The first-order valence-corrected chi connectivity index (χ1v) is 12.5. The van der Waals surface area contributed by atoms with Gasteiger partial charge < -0.3 is 14.4 Å². The average Bonchev–Trinajstić information content (AvgIpc) is 3.34. The Labute approximate surface area is 203 Å². The molecular weight excluding hydrogens is 426 g/mol. The van der Waals surface area contributed by atoms with Gasteiger partial charge in [-0.2, -0.15) is 0 Å². The third-order valence-corrected chi connectivity index (χ3v) is 8.27. The standard InChI is InChI=1S/C29H39NO4/c1-19-12-14-22(28(5,6)21-10-8-7-9-11-21)23(16-19)34-26(31)29(25-15-13-20(2)33-25)18-27(3,4)17-24(29)30-32/h7-11,13,15,19,22-23,32H,12,14,16-18H2,1-6H3/b30-24+/t19-,22-,23?,29-/m0/s1. The number of rotatable bonds is 5. The predicted molar refractivity (Wildman–Crippen MR) is 133 cm³/mol. The molecule has 0 radical (unpaired) electrons. The van der Waals surface area contributed by atoms with Gasteiger partial charge >= 0.3 is 5.97 Å². The number of furan rings is 1. The molecule has 0 bridgehead atoms. The number of benzene rings is 1. The van der Waals surface area contributed by atoms with Crippen LogP contribution in [0.15, 0.2) is 52.0 Å². The zero-order chi connectivity index (χ0) is 24.7. The Morgan fingerprint density at radius 3 is 2.47 bits per heavy atom. The topological polar surface area (TPSA) is 72.0 Å². The van der Waals surface area contributed by atoms with Crippen LogP contribution >= 0.6 is 0 Å². The summed E-state index contributed by atoms with van der Waals surface area (Å²) in [7, 11) is 0. The summed E-state index contributed by atoms with van der Waals surface area (Å²) in [6.07, 6.45) is 3.73. The highest BCUT2D eigenvalue weighted by Crippen LogP contribution is 2.51. The molecule has 5 nitrogen and oxygen atoms in total. The number of aryl methyl sites for hydroxylation is 1. The number of ether oxygens (including phenoxy) is 1. The molecule has 1 aromatic carbocycles. The Kier molecular flexibility index (Phi) is 6.43. The van der Waals surface area contributed by atoms with E-state index in [1.807, 2.05) is 25.1 Å². The number of hydrogen-bond donors (Lipinski definition) is 1. The average molecular weight is 466 g/mol. The van der Waals surface area contributed by atoms with Crippen molar-refractivity contribution in [2.24, 2.45) is 22.4 Å². The lowest BCUT2D eigenvalue weighted by atomic mass is 9.64. The molecule has 4 rings (SSSR count). The van der Waals surface area contributed by atoms with E-state index in [0.29, 0.717) is 30.2 Å². The van der Waals surface area contributed by atoms with Crippen molar-refractivity contribution in [3.05, 3.63) is 59.5 Å². The largest absolute Gasteiger partial charge is 0.465 e. The molecule has 2 fully saturated rings. The smallest absolute Gasteiger partial charge is 0.326 e. The normalized spacial score (nSPS) is 30.4. The van der Waals surface area contributed by atoms with E-state index >= 15 is 0 Å². The first kappa shape index (κ1) is 24.6. The minimum Gasteiger partial charge on any atom is -0.465 e. The molecule has 0 aliphatic heterocycles. The van der Waals surface area contributed by atoms with Crippen LogP contribution in [-0.2, 0) is 20.4 Å². The van der Waals surface area contributed by atoms with E-state index in [-0.39, 0.29) is 28.8 Å². The molecule has 1 aromatic heterocycles. The van der Waals surface area contributed by atoms with Gasteiger partial charge in [-0.25, -0.2) is 0 Å². The van der Waals surface area contributed by atoms with E-state index in [9.17, 15) is 10.0 Å². The lowest BCUT2D eigenvalue weighted by Crippen LogP contribution is -2.48. The minimum absolute atomic E-state index is 0.149. The highest BCUT2D eigenvalue weighted by Gasteiger charge is 2.59. The maximum absolute atomic E-state index is 14.1. The van der Waals surface area contributed by atoms with Gasteiger partial charge in [0.15, 0.2) is 5.41 Å². The summed E-state index contributed by atoms with van der Waals surface area (Å²) in [4.78, 5) is 14.1. The van der Waals surface area contributed by atoms with E-state index in [4.69, 9.17) is 9.15 Å². The molecule has 0 saturated heterocycles. The van der Waals surface area contributed by atoms with Crippen LogP contribution in [0, 0.1) is 24.2 Å². The van der Waals surface area contributed by atoms with Gasteiger partial charge in [0.05, 0.1) is 5.71 Å². The fourth-order valence-corrected chi connectivity index (χ4v) is 6.40. The van der Waals surface area contributed by atoms with Gasteiger partial charge in [0.2, 0.25) is 0 Å². The third-order valence-electron chi connectivity index (χ3n) is 8.27. The Balaban J connectivity index is 1.71. The van der Waals surface area contributed by atoms with Crippen LogP contribution in [0.2, 0.25) is 0 Å². The van der Waals surface area contributed by atoms with Crippen molar-refractivity contribution >= 4 is 11.7 Å². The molecule has 34 heavy (non-hydrogen) atoms. The van der Waals surface area contributed by atoms with E-state index < -0.39 is 5.41 Å². The van der Waals surface area contributed by atoms with Crippen LogP contribution in [0.5, 0.6) is 0 Å².